The van der Waals surface area contributed by atoms with E-state index in [1.54, 1.807) is 52.0 Å². The normalized spacial score (nSPS) is 13.5. The topological polar surface area (TPSA) is 95.4 Å². The van der Waals surface area contributed by atoms with Crippen LogP contribution in [0.4, 0.5) is 0 Å². The highest BCUT2D eigenvalue weighted by Crippen LogP contribution is 2.38. The number of carbonyl (C=O) groups is 2. The molecular formula is C21H24N2O3. The molecule has 0 fully saturated rings. The molecular weight excluding hydrogens is 328 g/mol. The van der Waals surface area contributed by atoms with Crippen molar-refractivity contribution in [2.75, 3.05) is 0 Å². The fourth-order valence-electron chi connectivity index (χ4n) is 2.98. The molecule has 1 aliphatic rings. The Hall–Kier alpha value is -2.50. The number of ether oxygens (including phenoxy) is 1. The number of fused-ring (bicyclic) bond motifs is 2. The van der Waals surface area contributed by atoms with E-state index in [1.807, 2.05) is 12.1 Å². The number of nitrogens with two attached hydrogens (primary N) is 2. The number of rotatable bonds is 4. The Morgan fingerprint density at radius 2 is 1.19 bits per heavy atom. The predicted octanol–water partition coefficient (Wildman–Crippen LogP) is 3.22. The quantitative estimate of drug-likeness (QED) is 0.703. The van der Waals surface area contributed by atoms with E-state index in [9.17, 15) is 9.59 Å². The van der Waals surface area contributed by atoms with E-state index in [4.69, 9.17) is 16.2 Å². The van der Waals surface area contributed by atoms with E-state index in [2.05, 4.69) is 0 Å². The lowest BCUT2D eigenvalue weighted by atomic mass is 9.89. The lowest BCUT2D eigenvalue weighted by molar-refractivity contribution is 0.0907. The molecule has 0 unspecified atom stereocenters. The van der Waals surface area contributed by atoms with Gasteiger partial charge < -0.3 is 16.2 Å². The van der Waals surface area contributed by atoms with Gasteiger partial charge in [0, 0.05) is 28.7 Å². The van der Waals surface area contributed by atoms with Crippen LogP contribution in [0, 0.1) is 0 Å². The molecule has 0 saturated carbocycles. The van der Waals surface area contributed by atoms with E-state index in [0.717, 1.165) is 11.1 Å². The fourth-order valence-corrected chi connectivity index (χ4v) is 2.98. The summed E-state index contributed by atoms with van der Waals surface area (Å²) in [6, 6.07) is 10.7. The fraction of sp³-hybridized carbons (Fsp3) is 0.333. The highest BCUT2D eigenvalue weighted by Gasteiger charge is 2.27. The van der Waals surface area contributed by atoms with Crippen LogP contribution in [-0.2, 0) is 6.42 Å². The minimum Gasteiger partial charge on any atom is -0.457 e. The number of ketones is 2. The van der Waals surface area contributed by atoms with E-state index in [0.29, 0.717) is 29.0 Å². The van der Waals surface area contributed by atoms with E-state index in [-0.39, 0.29) is 11.6 Å². The van der Waals surface area contributed by atoms with Crippen molar-refractivity contribution in [2.24, 2.45) is 11.5 Å². The maximum absolute atomic E-state index is 12.4. The Morgan fingerprint density at radius 1 is 0.808 bits per heavy atom. The molecule has 0 bridgehead atoms. The van der Waals surface area contributed by atoms with Gasteiger partial charge in [-0.1, -0.05) is 0 Å². The summed E-state index contributed by atoms with van der Waals surface area (Å²) >= 11 is 0. The third kappa shape index (κ3) is 3.41. The zero-order valence-corrected chi connectivity index (χ0v) is 15.6. The molecule has 0 radical (unpaired) electrons. The van der Waals surface area contributed by atoms with Crippen LogP contribution in [0.1, 0.15) is 59.5 Å². The zero-order chi connectivity index (χ0) is 19.3. The molecule has 2 aromatic rings. The highest BCUT2D eigenvalue weighted by molar-refractivity contribution is 6.03. The second kappa shape index (κ2) is 6.04. The van der Waals surface area contributed by atoms with Crippen LogP contribution in [0.5, 0.6) is 11.5 Å². The number of carbonyl (C=O) groups excluding carboxylic acids is 2. The van der Waals surface area contributed by atoms with Crippen LogP contribution in [0.3, 0.4) is 0 Å². The molecule has 5 nitrogen and oxygen atoms in total. The van der Waals surface area contributed by atoms with Crippen LogP contribution in [0.15, 0.2) is 36.4 Å². The number of hydrogen-bond acceptors (Lipinski definition) is 5. The molecule has 0 atom stereocenters. The Balaban J connectivity index is 1.95. The third-order valence-electron chi connectivity index (χ3n) is 4.42. The Kier molecular flexibility index (Phi) is 4.25. The van der Waals surface area contributed by atoms with E-state index in [1.165, 1.54) is 0 Å². The monoisotopic (exact) mass is 352 g/mol. The number of benzene rings is 2. The number of hydrogen-bond donors (Lipinski definition) is 2. The van der Waals surface area contributed by atoms with E-state index >= 15 is 0 Å². The molecule has 136 valence electrons. The smallest absolute Gasteiger partial charge is 0.182 e. The van der Waals surface area contributed by atoms with Crippen LogP contribution >= 0.6 is 0 Å². The molecule has 2 aromatic carbocycles. The summed E-state index contributed by atoms with van der Waals surface area (Å²) in [4.78, 5) is 24.9. The van der Waals surface area contributed by atoms with Crippen molar-refractivity contribution in [1.29, 1.82) is 0 Å². The second-order valence-electron chi connectivity index (χ2n) is 8.03. The van der Waals surface area contributed by atoms with Gasteiger partial charge in [0.25, 0.3) is 0 Å². The largest absolute Gasteiger partial charge is 0.457 e. The van der Waals surface area contributed by atoms with Gasteiger partial charge in [0.2, 0.25) is 0 Å². The summed E-state index contributed by atoms with van der Waals surface area (Å²) < 4.78 is 5.93. The van der Waals surface area contributed by atoms with Gasteiger partial charge >= 0.3 is 0 Å². The SMILES string of the molecule is CC(C)(N)C(=O)c1ccc2c(c1)Cc1cc(C(=O)C(C)(C)N)ccc1O2. The molecule has 3 rings (SSSR count). The number of Topliss-reactive ketones (excluding diaryl/α,β-unsaturated/α-hetero) is 2. The molecule has 1 heterocycles. The standard InChI is InChI=1S/C21H24N2O3/c1-20(2,22)18(24)12-5-7-16-14(9-12)11-15-10-13(6-8-17(15)26-16)19(25)21(3,4)23/h5-10H,11,22-23H2,1-4H3. The zero-order valence-electron chi connectivity index (χ0n) is 15.6. The van der Waals surface area contributed by atoms with Crippen molar-refractivity contribution in [3.05, 3.63) is 58.7 Å². The Morgan fingerprint density at radius 3 is 1.54 bits per heavy atom. The first-order chi connectivity index (χ1) is 12.0. The van der Waals surface area contributed by atoms with Crippen LogP contribution in [0.25, 0.3) is 0 Å². The third-order valence-corrected chi connectivity index (χ3v) is 4.42. The van der Waals surface area contributed by atoms with Gasteiger partial charge in [-0.15, -0.1) is 0 Å². The minimum atomic E-state index is -0.937. The molecule has 26 heavy (non-hydrogen) atoms. The van der Waals surface area contributed by atoms with Crippen LogP contribution in [-0.4, -0.2) is 22.6 Å². The molecule has 1 aliphatic heterocycles. The van der Waals surface area contributed by atoms with Gasteiger partial charge in [-0.2, -0.15) is 0 Å². The van der Waals surface area contributed by atoms with Gasteiger partial charge in [-0.3, -0.25) is 9.59 Å². The maximum atomic E-state index is 12.4. The maximum Gasteiger partial charge on any atom is 0.182 e. The van der Waals surface area contributed by atoms with Crippen molar-refractivity contribution >= 4 is 11.6 Å². The Labute approximate surface area is 153 Å². The first-order valence-corrected chi connectivity index (χ1v) is 8.58. The summed E-state index contributed by atoms with van der Waals surface area (Å²) in [5.41, 5.74) is 12.9. The lowest BCUT2D eigenvalue weighted by Gasteiger charge is -2.24. The van der Waals surface area contributed by atoms with Crippen LogP contribution in [0.2, 0.25) is 0 Å². The van der Waals surface area contributed by atoms with Gasteiger partial charge in [-0.25, -0.2) is 0 Å². The molecule has 4 N–H and O–H groups in total. The summed E-state index contributed by atoms with van der Waals surface area (Å²) in [5.74, 6) is 1.17. The van der Waals surface area contributed by atoms with Crippen molar-refractivity contribution in [2.45, 2.75) is 45.2 Å². The first-order valence-electron chi connectivity index (χ1n) is 8.58. The van der Waals surface area contributed by atoms with Gasteiger partial charge in [0.15, 0.2) is 11.6 Å². The molecule has 0 amide bonds. The Bertz CT molecular complexity index is 829. The highest BCUT2D eigenvalue weighted by atomic mass is 16.5. The van der Waals surface area contributed by atoms with Crippen molar-refractivity contribution in [3.8, 4) is 11.5 Å². The first kappa shape index (κ1) is 18.3. The minimum absolute atomic E-state index is 0.125. The van der Waals surface area contributed by atoms with Crippen LogP contribution < -0.4 is 16.2 Å². The molecule has 0 aliphatic carbocycles. The average Bonchev–Trinajstić information content (AvgIpc) is 2.56. The van der Waals surface area contributed by atoms with Gasteiger partial charge in [-0.05, 0) is 64.1 Å². The van der Waals surface area contributed by atoms with Gasteiger partial charge in [0.05, 0.1) is 11.1 Å². The molecule has 0 saturated heterocycles. The van der Waals surface area contributed by atoms with Crippen molar-refractivity contribution < 1.29 is 14.3 Å². The van der Waals surface area contributed by atoms with E-state index < -0.39 is 11.1 Å². The van der Waals surface area contributed by atoms with Gasteiger partial charge in [0.1, 0.15) is 11.5 Å². The van der Waals surface area contributed by atoms with Crippen molar-refractivity contribution in [1.82, 2.24) is 0 Å². The molecule has 0 aromatic heterocycles. The predicted molar refractivity (Wildman–Crippen MR) is 101 cm³/mol. The summed E-state index contributed by atoms with van der Waals surface area (Å²) in [6.07, 6.45) is 0.572. The summed E-state index contributed by atoms with van der Waals surface area (Å²) in [7, 11) is 0. The molecule has 0 spiro atoms. The second-order valence-corrected chi connectivity index (χ2v) is 8.03. The average molecular weight is 352 g/mol. The lowest BCUT2D eigenvalue weighted by Crippen LogP contribution is -2.41. The summed E-state index contributed by atoms with van der Waals surface area (Å²) in [5, 5.41) is 0. The summed E-state index contributed by atoms with van der Waals surface area (Å²) in [6.45, 7) is 6.75. The molecule has 5 heteroatoms. The van der Waals surface area contributed by atoms with Crippen molar-refractivity contribution in [3.63, 3.8) is 0 Å².